The number of hydrogen-bond donors (Lipinski definition) is 1. The summed E-state index contributed by atoms with van der Waals surface area (Å²) in [4.78, 5) is 10.7. The molecule has 2 heteroatoms. The first-order valence-corrected chi connectivity index (χ1v) is 8.49. The molecule has 0 fully saturated rings. The van der Waals surface area contributed by atoms with Crippen LogP contribution < -0.4 is 0 Å². The van der Waals surface area contributed by atoms with Gasteiger partial charge in [-0.25, -0.2) is 4.79 Å². The average molecular weight is 282 g/mol. The van der Waals surface area contributed by atoms with Crippen molar-refractivity contribution in [2.24, 2.45) is 5.92 Å². The van der Waals surface area contributed by atoms with Crippen molar-refractivity contribution in [3.05, 3.63) is 11.6 Å². The number of carbonyl (C=O) groups is 1. The standard InChI is InChI=1S/C18H34O2/c1-4-5-6-7-8-9-10-11-12-13-14-16(2)15-17(3)18(19)20/h15-16H,4-14H2,1-3H3,(H,19,20). The van der Waals surface area contributed by atoms with Gasteiger partial charge in [-0.2, -0.15) is 0 Å². The van der Waals surface area contributed by atoms with Crippen LogP contribution in [0.3, 0.4) is 0 Å². The Morgan fingerprint density at radius 3 is 1.85 bits per heavy atom. The highest BCUT2D eigenvalue weighted by atomic mass is 16.4. The molecule has 0 amide bonds. The lowest BCUT2D eigenvalue weighted by atomic mass is 9.99. The minimum atomic E-state index is -0.792. The highest BCUT2D eigenvalue weighted by Gasteiger charge is 2.03. The molecule has 20 heavy (non-hydrogen) atoms. The van der Waals surface area contributed by atoms with E-state index in [4.69, 9.17) is 5.11 Å². The molecule has 0 aromatic rings. The van der Waals surface area contributed by atoms with Crippen LogP contribution in [-0.4, -0.2) is 11.1 Å². The van der Waals surface area contributed by atoms with Gasteiger partial charge in [0, 0.05) is 5.57 Å². The molecule has 0 heterocycles. The van der Waals surface area contributed by atoms with Crippen molar-refractivity contribution in [1.82, 2.24) is 0 Å². The summed E-state index contributed by atoms with van der Waals surface area (Å²) in [5.74, 6) is -0.403. The molecule has 1 unspecified atom stereocenters. The first kappa shape index (κ1) is 19.2. The van der Waals surface area contributed by atoms with E-state index in [2.05, 4.69) is 13.8 Å². The van der Waals surface area contributed by atoms with Gasteiger partial charge < -0.3 is 5.11 Å². The Labute approximate surface area is 125 Å². The monoisotopic (exact) mass is 282 g/mol. The van der Waals surface area contributed by atoms with E-state index in [1.165, 1.54) is 64.2 Å². The second-order valence-electron chi connectivity index (χ2n) is 6.10. The van der Waals surface area contributed by atoms with Gasteiger partial charge in [-0.05, 0) is 19.3 Å². The van der Waals surface area contributed by atoms with Crippen molar-refractivity contribution >= 4 is 5.97 Å². The number of aliphatic carboxylic acids is 1. The molecule has 0 aromatic heterocycles. The molecular formula is C18H34O2. The van der Waals surface area contributed by atoms with E-state index in [-0.39, 0.29) is 0 Å². The van der Waals surface area contributed by atoms with Gasteiger partial charge >= 0.3 is 5.97 Å². The maximum absolute atomic E-state index is 10.7. The van der Waals surface area contributed by atoms with Crippen LogP contribution in [0.5, 0.6) is 0 Å². The van der Waals surface area contributed by atoms with Gasteiger partial charge in [-0.3, -0.25) is 0 Å². The van der Waals surface area contributed by atoms with Crippen molar-refractivity contribution in [3.63, 3.8) is 0 Å². The molecule has 0 rings (SSSR count). The van der Waals surface area contributed by atoms with Crippen LogP contribution in [0.2, 0.25) is 0 Å². The highest BCUT2D eigenvalue weighted by Crippen LogP contribution is 2.15. The molecule has 0 aliphatic heterocycles. The lowest BCUT2D eigenvalue weighted by molar-refractivity contribution is -0.132. The number of hydrogen-bond acceptors (Lipinski definition) is 1. The average Bonchev–Trinajstić information content (AvgIpc) is 2.40. The summed E-state index contributed by atoms with van der Waals surface area (Å²) < 4.78 is 0. The predicted molar refractivity (Wildman–Crippen MR) is 87.0 cm³/mol. The maximum Gasteiger partial charge on any atom is 0.330 e. The fourth-order valence-electron chi connectivity index (χ4n) is 2.54. The number of unbranched alkanes of at least 4 members (excludes halogenated alkanes) is 9. The first-order valence-electron chi connectivity index (χ1n) is 8.49. The highest BCUT2D eigenvalue weighted by molar-refractivity contribution is 5.85. The molecule has 0 bridgehead atoms. The van der Waals surface area contributed by atoms with Crippen LogP contribution in [0.25, 0.3) is 0 Å². The second kappa shape index (κ2) is 13.2. The van der Waals surface area contributed by atoms with Crippen LogP contribution in [-0.2, 0) is 4.79 Å². The number of allylic oxidation sites excluding steroid dienone is 1. The van der Waals surface area contributed by atoms with E-state index in [1.807, 2.05) is 6.08 Å². The summed E-state index contributed by atoms with van der Waals surface area (Å²) in [5, 5.41) is 8.81. The molecule has 1 N–H and O–H groups in total. The minimum absolute atomic E-state index is 0.389. The minimum Gasteiger partial charge on any atom is -0.478 e. The molecular weight excluding hydrogens is 248 g/mol. The fourth-order valence-corrected chi connectivity index (χ4v) is 2.54. The normalized spacial score (nSPS) is 13.4. The predicted octanol–water partition coefficient (Wildman–Crippen LogP) is 5.96. The van der Waals surface area contributed by atoms with Gasteiger partial charge in [0.15, 0.2) is 0 Å². The van der Waals surface area contributed by atoms with Crippen LogP contribution in [0, 0.1) is 5.92 Å². The molecule has 0 aromatic carbocycles. The number of rotatable bonds is 13. The van der Waals surface area contributed by atoms with E-state index in [1.54, 1.807) is 6.92 Å². The SMILES string of the molecule is CCCCCCCCCCCCC(C)C=C(C)C(=O)O. The molecule has 118 valence electrons. The van der Waals surface area contributed by atoms with E-state index >= 15 is 0 Å². The van der Waals surface area contributed by atoms with E-state index < -0.39 is 5.97 Å². The Balaban J connectivity index is 3.36. The summed E-state index contributed by atoms with van der Waals surface area (Å²) >= 11 is 0. The van der Waals surface area contributed by atoms with Gasteiger partial charge in [0.25, 0.3) is 0 Å². The van der Waals surface area contributed by atoms with E-state index in [0.29, 0.717) is 11.5 Å². The first-order chi connectivity index (χ1) is 9.57. The third-order valence-electron chi connectivity index (χ3n) is 3.88. The van der Waals surface area contributed by atoms with Gasteiger partial charge in [-0.1, -0.05) is 84.1 Å². The lowest BCUT2D eigenvalue weighted by Crippen LogP contribution is -1.99. The van der Waals surface area contributed by atoms with E-state index in [0.717, 1.165) is 6.42 Å². The largest absolute Gasteiger partial charge is 0.478 e. The number of carboxylic acids is 1. The third-order valence-corrected chi connectivity index (χ3v) is 3.88. The van der Waals surface area contributed by atoms with Crippen molar-refractivity contribution in [2.45, 2.75) is 91.4 Å². The van der Waals surface area contributed by atoms with Gasteiger partial charge in [0.1, 0.15) is 0 Å². The molecule has 0 saturated carbocycles. The Morgan fingerprint density at radius 1 is 0.950 bits per heavy atom. The fraction of sp³-hybridized carbons (Fsp3) is 0.833. The summed E-state index contributed by atoms with van der Waals surface area (Å²) in [7, 11) is 0. The van der Waals surface area contributed by atoms with Gasteiger partial charge in [0.2, 0.25) is 0 Å². The second-order valence-corrected chi connectivity index (χ2v) is 6.10. The Morgan fingerprint density at radius 2 is 1.40 bits per heavy atom. The van der Waals surface area contributed by atoms with Crippen molar-refractivity contribution in [1.29, 1.82) is 0 Å². The van der Waals surface area contributed by atoms with Gasteiger partial charge in [-0.15, -0.1) is 0 Å². The van der Waals surface area contributed by atoms with Crippen LogP contribution in [0.1, 0.15) is 91.4 Å². The maximum atomic E-state index is 10.7. The Hall–Kier alpha value is -0.790. The van der Waals surface area contributed by atoms with Crippen molar-refractivity contribution in [3.8, 4) is 0 Å². The zero-order chi connectivity index (χ0) is 15.2. The smallest absolute Gasteiger partial charge is 0.330 e. The Bertz CT molecular complexity index is 269. The summed E-state index contributed by atoms with van der Waals surface area (Å²) in [5.41, 5.74) is 0.476. The lowest BCUT2D eigenvalue weighted by Gasteiger charge is -2.07. The van der Waals surface area contributed by atoms with Gasteiger partial charge in [0.05, 0.1) is 0 Å². The summed E-state index contributed by atoms with van der Waals surface area (Å²) in [6.45, 7) is 6.05. The zero-order valence-corrected chi connectivity index (χ0v) is 13.8. The van der Waals surface area contributed by atoms with Crippen molar-refractivity contribution in [2.75, 3.05) is 0 Å². The molecule has 2 nitrogen and oxygen atoms in total. The van der Waals surface area contributed by atoms with Crippen molar-refractivity contribution < 1.29 is 9.90 Å². The van der Waals surface area contributed by atoms with Crippen LogP contribution >= 0.6 is 0 Å². The topological polar surface area (TPSA) is 37.3 Å². The summed E-state index contributed by atoms with van der Waals surface area (Å²) in [6, 6.07) is 0. The quantitative estimate of drug-likeness (QED) is 0.334. The number of carboxylic acid groups (broad SMARTS) is 1. The molecule has 0 aliphatic rings. The van der Waals surface area contributed by atoms with E-state index in [9.17, 15) is 4.79 Å². The Kier molecular flexibility index (Phi) is 12.7. The third kappa shape index (κ3) is 12.3. The molecule has 0 radical (unpaired) electrons. The molecule has 1 atom stereocenters. The molecule has 0 saturated heterocycles. The van der Waals surface area contributed by atoms with Crippen LogP contribution in [0.4, 0.5) is 0 Å². The molecule has 0 spiro atoms. The zero-order valence-electron chi connectivity index (χ0n) is 13.8. The molecule has 0 aliphatic carbocycles. The summed E-state index contributed by atoms with van der Waals surface area (Å²) in [6.07, 6.45) is 16.5. The van der Waals surface area contributed by atoms with Crippen LogP contribution in [0.15, 0.2) is 11.6 Å².